The van der Waals surface area contributed by atoms with Crippen molar-refractivity contribution in [3.05, 3.63) is 180 Å². The van der Waals surface area contributed by atoms with Gasteiger partial charge in [0.15, 0.2) is 0 Å². The molecule has 280 valence electrons. The molecule has 0 heterocycles. The molecule has 9 nitrogen and oxygen atoms in total. The first-order valence-corrected chi connectivity index (χ1v) is 18.1. The minimum atomic E-state index is -0.504. The third kappa shape index (κ3) is 11.8. The Kier molecular flexibility index (Phi) is 14.8. The van der Waals surface area contributed by atoms with Crippen molar-refractivity contribution in [2.45, 2.75) is 41.5 Å². The van der Waals surface area contributed by atoms with E-state index in [0.29, 0.717) is 5.56 Å². The quantitative estimate of drug-likeness (QED) is 0.0837. The summed E-state index contributed by atoms with van der Waals surface area (Å²) in [6, 6.07) is 34.1. The van der Waals surface area contributed by atoms with Gasteiger partial charge in [-0.2, -0.15) is 0 Å². The van der Waals surface area contributed by atoms with Crippen LogP contribution in [0, 0.1) is 51.7 Å². The molecule has 6 aromatic rings. The Balaban J connectivity index is 0.000000184. The van der Waals surface area contributed by atoms with Gasteiger partial charge in [-0.25, -0.2) is 0 Å². The number of halogens is 1. The molecule has 0 aromatic heterocycles. The largest absolute Gasteiger partial charge is 0.507 e. The maximum atomic E-state index is 10.7. The van der Waals surface area contributed by atoms with Crippen molar-refractivity contribution in [2.24, 2.45) is 15.0 Å². The number of rotatable bonds is 7. The van der Waals surface area contributed by atoms with Crippen molar-refractivity contribution in [2.75, 3.05) is 0 Å². The number of non-ortho nitro benzene ring substituents is 1. The van der Waals surface area contributed by atoms with E-state index in [1.165, 1.54) is 24.4 Å². The van der Waals surface area contributed by atoms with E-state index in [4.69, 9.17) is 0 Å². The molecule has 0 unspecified atom stereocenters. The van der Waals surface area contributed by atoms with Crippen LogP contribution >= 0.6 is 15.9 Å². The fourth-order valence-electron chi connectivity index (χ4n) is 5.48. The van der Waals surface area contributed by atoms with Gasteiger partial charge in [-0.3, -0.25) is 25.1 Å². The molecule has 0 atom stereocenters. The van der Waals surface area contributed by atoms with E-state index < -0.39 is 4.92 Å². The average Bonchev–Trinajstić information content (AvgIpc) is 3.13. The van der Waals surface area contributed by atoms with Gasteiger partial charge in [0, 0.05) is 51.9 Å². The van der Waals surface area contributed by atoms with Crippen LogP contribution in [-0.4, -0.2) is 38.9 Å². The lowest BCUT2D eigenvalue weighted by Gasteiger charge is -2.05. The van der Waals surface area contributed by atoms with E-state index >= 15 is 0 Å². The number of hydrogen-bond acceptors (Lipinski definition) is 8. The van der Waals surface area contributed by atoms with Crippen LogP contribution < -0.4 is 0 Å². The Labute approximate surface area is 330 Å². The highest BCUT2D eigenvalue weighted by Gasteiger charge is 2.09. The normalized spacial score (nSPS) is 11.0. The van der Waals surface area contributed by atoms with Crippen molar-refractivity contribution >= 4 is 57.3 Å². The van der Waals surface area contributed by atoms with E-state index in [2.05, 4.69) is 30.9 Å². The molecule has 0 fully saturated rings. The molecule has 6 aromatic carbocycles. The predicted octanol–water partition coefficient (Wildman–Crippen LogP) is 11.9. The van der Waals surface area contributed by atoms with Crippen molar-refractivity contribution in [1.29, 1.82) is 0 Å². The second-order valence-electron chi connectivity index (χ2n) is 12.8. The van der Waals surface area contributed by atoms with Crippen LogP contribution in [0.3, 0.4) is 0 Å². The fraction of sp³-hybridized carbons (Fsp3) is 0.133. The lowest BCUT2D eigenvalue weighted by molar-refractivity contribution is -0.384. The van der Waals surface area contributed by atoms with Gasteiger partial charge in [0.05, 0.1) is 22.0 Å². The first kappa shape index (κ1) is 41.4. The SMILES string of the molecule is Cc1cc(Br)cc(C)c1N=Cc1ccccc1O.Cc1cccc(C)c1N=Cc1cc([N+](=O)[O-])ccc1O.Cc1cccc(C)c1N=Cc1ccccc1O. The summed E-state index contributed by atoms with van der Waals surface area (Å²) >= 11 is 3.46. The van der Waals surface area contributed by atoms with Gasteiger partial charge in [0.1, 0.15) is 17.2 Å². The number of nitrogens with zero attached hydrogens (tertiary/aromatic N) is 4. The standard InChI is InChI=1S/C15H14BrNO.C15H14N2O3.C15H15NO/c1-10-7-13(16)8-11(2)15(10)17-9-12-5-3-4-6-14(12)18;1-10-4-3-5-11(2)15(10)16-9-12-8-13(17(19)20)6-7-14(12)18;1-11-6-5-7-12(2)15(11)16-10-13-8-3-4-9-14(13)17/h3-9,18H,1-2H3;3-9,18H,1-2H3;3-10,17H,1-2H3. The molecule has 55 heavy (non-hydrogen) atoms. The molecular weight excluding hydrogens is 756 g/mol. The Hall–Kier alpha value is -6.39. The highest BCUT2D eigenvalue weighted by atomic mass is 79.9. The molecule has 6 rings (SSSR count). The third-order valence-electron chi connectivity index (χ3n) is 8.43. The number of phenols is 3. The lowest BCUT2D eigenvalue weighted by atomic mass is 10.1. The summed E-state index contributed by atoms with van der Waals surface area (Å²) in [4.78, 5) is 23.5. The zero-order valence-corrected chi connectivity index (χ0v) is 33.1. The van der Waals surface area contributed by atoms with Crippen molar-refractivity contribution in [1.82, 2.24) is 0 Å². The van der Waals surface area contributed by atoms with E-state index in [1.807, 2.05) is 114 Å². The van der Waals surface area contributed by atoms with Gasteiger partial charge in [-0.15, -0.1) is 0 Å². The molecule has 0 amide bonds. The third-order valence-corrected chi connectivity index (χ3v) is 8.89. The first-order valence-electron chi connectivity index (χ1n) is 17.3. The molecule has 0 radical (unpaired) electrons. The summed E-state index contributed by atoms with van der Waals surface area (Å²) in [5.74, 6) is 0.460. The number of hydrogen-bond donors (Lipinski definition) is 3. The van der Waals surface area contributed by atoms with E-state index in [-0.39, 0.29) is 22.9 Å². The number of para-hydroxylation sites is 4. The Morgan fingerprint density at radius 1 is 0.491 bits per heavy atom. The molecule has 0 bridgehead atoms. The molecule has 0 saturated carbocycles. The molecule has 0 aliphatic rings. The average molecular weight is 800 g/mol. The van der Waals surface area contributed by atoms with Gasteiger partial charge < -0.3 is 15.3 Å². The Morgan fingerprint density at radius 2 is 0.855 bits per heavy atom. The highest BCUT2D eigenvalue weighted by Crippen LogP contribution is 2.29. The van der Waals surface area contributed by atoms with Gasteiger partial charge >= 0.3 is 0 Å². The summed E-state index contributed by atoms with van der Waals surface area (Å²) in [6.07, 6.45) is 4.83. The van der Waals surface area contributed by atoms with Gasteiger partial charge in [0.2, 0.25) is 0 Å². The molecule has 0 spiro atoms. The second kappa shape index (κ2) is 19.6. The highest BCUT2D eigenvalue weighted by molar-refractivity contribution is 9.10. The van der Waals surface area contributed by atoms with Gasteiger partial charge in [-0.05, 0) is 117 Å². The summed E-state index contributed by atoms with van der Waals surface area (Å²) in [7, 11) is 0. The van der Waals surface area contributed by atoms with E-state index in [1.54, 1.807) is 36.7 Å². The zero-order chi connectivity index (χ0) is 40.1. The van der Waals surface area contributed by atoms with Crippen LogP contribution in [0.25, 0.3) is 0 Å². The first-order chi connectivity index (χ1) is 26.2. The van der Waals surface area contributed by atoms with Gasteiger partial charge in [-0.1, -0.05) is 76.6 Å². The van der Waals surface area contributed by atoms with Crippen molar-refractivity contribution in [3.8, 4) is 17.2 Å². The number of aryl methyl sites for hydroxylation is 6. The Morgan fingerprint density at radius 3 is 1.25 bits per heavy atom. The maximum absolute atomic E-state index is 10.7. The molecule has 0 aliphatic carbocycles. The van der Waals surface area contributed by atoms with Crippen molar-refractivity contribution < 1.29 is 20.2 Å². The summed E-state index contributed by atoms with van der Waals surface area (Å²) < 4.78 is 1.05. The number of aromatic hydroxyl groups is 3. The molecule has 0 aliphatic heterocycles. The van der Waals surface area contributed by atoms with Crippen LogP contribution in [0.4, 0.5) is 22.7 Å². The number of benzene rings is 6. The maximum Gasteiger partial charge on any atom is 0.270 e. The molecule has 3 N–H and O–H groups in total. The minimum absolute atomic E-state index is 0.0365. The zero-order valence-electron chi connectivity index (χ0n) is 31.5. The number of phenolic OH excluding ortho intramolecular Hbond substituents is 3. The smallest absolute Gasteiger partial charge is 0.270 e. The monoisotopic (exact) mass is 798 g/mol. The van der Waals surface area contributed by atoms with Crippen molar-refractivity contribution in [3.63, 3.8) is 0 Å². The van der Waals surface area contributed by atoms with Crippen LogP contribution in [-0.2, 0) is 0 Å². The fourth-order valence-corrected chi connectivity index (χ4v) is 6.17. The van der Waals surface area contributed by atoms with Crippen LogP contribution in [0.2, 0.25) is 0 Å². The topological polar surface area (TPSA) is 141 Å². The molecule has 10 heteroatoms. The predicted molar refractivity (Wildman–Crippen MR) is 228 cm³/mol. The number of nitro groups is 1. The number of aliphatic imine (C=N–C) groups is 3. The summed E-state index contributed by atoms with van der Waals surface area (Å²) in [5.41, 5.74) is 10.9. The second-order valence-corrected chi connectivity index (χ2v) is 13.7. The molecule has 0 saturated heterocycles. The van der Waals surface area contributed by atoms with Crippen LogP contribution in [0.1, 0.15) is 50.1 Å². The van der Waals surface area contributed by atoms with E-state index in [9.17, 15) is 25.4 Å². The Bertz CT molecular complexity index is 2320. The van der Waals surface area contributed by atoms with Gasteiger partial charge in [0.25, 0.3) is 5.69 Å². The van der Waals surface area contributed by atoms with Crippen LogP contribution in [0.5, 0.6) is 17.2 Å². The number of nitro benzene ring substituents is 1. The minimum Gasteiger partial charge on any atom is -0.507 e. The summed E-state index contributed by atoms with van der Waals surface area (Å²) in [6.45, 7) is 12.0. The summed E-state index contributed by atoms with van der Waals surface area (Å²) in [5, 5.41) is 39.8. The molecular formula is C45H43BrN4O5. The van der Waals surface area contributed by atoms with Crippen LogP contribution in [0.15, 0.2) is 135 Å². The van der Waals surface area contributed by atoms with E-state index in [0.717, 1.165) is 66.0 Å². The lowest BCUT2D eigenvalue weighted by Crippen LogP contribution is -1.90.